The molecule has 0 unspecified atom stereocenters. The Hall–Kier alpha value is -1.92. The van der Waals surface area contributed by atoms with E-state index in [0.717, 1.165) is 0 Å². The van der Waals surface area contributed by atoms with Gasteiger partial charge in [0.05, 0.1) is 17.4 Å². The second-order valence-corrected chi connectivity index (χ2v) is 7.55. The summed E-state index contributed by atoms with van der Waals surface area (Å²) >= 11 is 0. The van der Waals surface area contributed by atoms with E-state index in [1.165, 1.54) is 0 Å². The van der Waals surface area contributed by atoms with Crippen molar-refractivity contribution in [1.29, 1.82) is 0 Å². The van der Waals surface area contributed by atoms with Crippen LogP contribution in [0.2, 0.25) is 0 Å². The Kier molecular flexibility index (Phi) is 4.16. The molecular formula is C19H24O6. The van der Waals surface area contributed by atoms with Crippen molar-refractivity contribution in [2.75, 3.05) is 0 Å². The Bertz CT molecular complexity index is 690. The van der Waals surface area contributed by atoms with Gasteiger partial charge in [0.25, 0.3) is 0 Å². The summed E-state index contributed by atoms with van der Waals surface area (Å²) in [6, 6.07) is 0. The van der Waals surface area contributed by atoms with E-state index in [0.29, 0.717) is 5.57 Å². The topological polar surface area (TPSA) is 82.1 Å². The first-order valence-electron chi connectivity index (χ1n) is 8.47. The normalized spacial score (nSPS) is 42.2. The first-order chi connectivity index (χ1) is 11.5. The van der Waals surface area contributed by atoms with Crippen molar-refractivity contribution in [2.45, 2.75) is 57.7 Å². The van der Waals surface area contributed by atoms with Crippen LogP contribution in [0.3, 0.4) is 0 Å². The van der Waals surface area contributed by atoms with E-state index in [-0.39, 0.29) is 23.9 Å². The third kappa shape index (κ3) is 3.04. The molecule has 136 valence electrons. The highest BCUT2D eigenvalue weighted by molar-refractivity contribution is 5.91. The van der Waals surface area contributed by atoms with E-state index >= 15 is 0 Å². The van der Waals surface area contributed by atoms with Crippen molar-refractivity contribution in [3.8, 4) is 0 Å². The zero-order valence-electron chi connectivity index (χ0n) is 14.9. The molecular weight excluding hydrogens is 324 g/mol. The zero-order chi connectivity index (χ0) is 18.6. The van der Waals surface area contributed by atoms with Gasteiger partial charge in [-0.3, -0.25) is 4.79 Å². The molecule has 6 heteroatoms. The molecule has 0 spiro atoms. The third-order valence-electron chi connectivity index (χ3n) is 5.04. The molecule has 0 radical (unpaired) electrons. The third-order valence-corrected chi connectivity index (χ3v) is 5.04. The highest BCUT2D eigenvalue weighted by atomic mass is 16.6. The van der Waals surface area contributed by atoms with Gasteiger partial charge in [-0.25, -0.2) is 4.79 Å². The molecule has 0 amide bonds. The number of esters is 2. The average molecular weight is 348 g/mol. The number of carbonyl (C=O) groups excluding carboxylic acids is 2. The first kappa shape index (κ1) is 17.9. The molecule has 3 aliphatic heterocycles. The Morgan fingerprint density at radius 1 is 1.44 bits per heavy atom. The van der Waals surface area contributed by atoms with Crippen LogP contribution >= 0.6 is 0 Å². The number of fused-ring (bicyclic) bond motifs is 3. The molecule has 0 aromatic rings. The maximum Gasteiger partial charge on any atom is 0.334 e. The maximum absolute atomic E-state index is 12.2. The Labute approximate surface area is 147 Å². The first-order valence-corrected chi connectivity index (χ1v) is 8.47. The van der Waals surface area contributed by atoms with E-state index in [1.807, 2.05) is 6.92 Å². The number of aliphatic hydroxyl groups is 1. The molecule has 1 fully saturated rings. The van der Waals surface area contributed by atoms with E-state index in [9.17, 15) is 14.7 Å². The van der Waals surface area contributed by atoms with Crippen LogP contribution in [0, 0.1) is 11.8 Å². The van der Waals surface area contributed by atoms with Crippen molar-refractivity contribution in [1.82, 2.24) is 0 Å². The molecule has 3 aliphatic rings. The fourth-order valence-electron chi connectivity index (χ4n) is 3.51. The van der Waals surface area contributed by atoms with Crippen molar-refractivity contribution in [2.24, 2.45) is 11.8 Å². The lowest BCUT2D eigenvalue weighted by Crippen LogP contribution is -2.41. The summed E-state index contributed by atoms with van der Waals surface area (Å²) in [6.45, 7) is 10.9. The van der Waals surface area contributed by atoms with Crippen molar-refractivity contribution in [3.63, 3.8) is 0 Å². The quantitative estimate of drug-likeness (QED) is 0.467. The zero-order valence-corrected chi connectivity index (χ0v) is 14.9. The molecule has 0 aromatic heterocycles. The standard InChI is InChI=1S/C19H24O6/c1-10(2)16(20)24-14-9-18(5)6-7-19(22,25-18)11(3)8-13-15(14)12(4)17(21)23-13/h6-8,10,13-15,22H,4,9H2,1-3,5H3/b11-8+/t13-,14+,15-,18-,19+/m0/s1. The van der Waals surface area contributed by atoms with Gasteiger partial charge < -0.3 is 19.3 Å². The van der Waals surface area contributed by atoms with E-state index in [1.54, 1.807) is 39.0 Å². The van der Waals surface area contributed by atoms with E-state index in [4.69, 9.17) is 14.2 Å². The van der Waals surface area contributed by atoms with Gasteiger partial charge in [-0.2, -0.15) is 0 Å². The summed E-state index contributed by atoms with van der Waals surface area (Å²) in [5.41, 5.74) is -0.0548. The Balaban J connectivity index is 2.04. The van der Waals surface area contributed by atoms with Gasteiger partial charge in [0.15, 0.2) is 0 Å². The largest absolute Gasteiger partial charge is 0.461 e. The summed E-state index contributed by atoms with van der Waals surface area (Å²) in [7, 11) is 0. The minimum Gasteiger partial charge on any atom is -0.461 e. The second-order valence-electron chi connectivity index (χ2n) is 7.55. The van der Waals surface area contributed by atoms with Crippen LogP contribution in [-0.4, -0.2) is 40.6 Å². The van der Waals surface area contributed by atoms with Gasteiger partial charge in [-0.1, -0.05) is 26.5 Å². The second kappa shape index (κ2) is 5.81. The van der Waals surface area contributed by atoms with Crippen molar-refractivity contribution >= 4 is 11.9 Å². The van der Waals surface area contributed by atoms with Crippen LogP contribution < -0.4 is 0 Å². The smallest absolute Gasteiger partial charge is 0.334 e. The monoisotopic (exact) mass is 348 g/mol. The highest BCUT2D eigenvalue weighted by Crippen LogP contribution is 2.44. The summed E-state index contributed by atoms with van der Waals surface area (Å²) in [5, 5.41) is 10.7. The van der Waals surface area contributed by atoms with Crippen LogP contribution in [0.4, 0.5) is 0 Å². The van der Waals surface area contributed by atoms with Crippen LogP contribution in [0.5, 0.6) is 0 Å². The van der Waals surface area contributed by atoms with E-state index in [2.05, 4.69) is 6.58 Å². The average Bonchev–Trinajstić information content (AvgIpc) is 2.97. The maximum atomic E-state index is 12.2. The Morgan fingerprint density at radius 2 is 2.12 bits per heavy atom. The molecule has 3 heterocycles. The molecule has 0 saturated carbocycles. The molecule has 5 atom stereocenters. The van der Waals surface area contributed by atoms with Crippen LogP contribution in [-0.2, 0) is 23.8 Å². The fraction of sp³-hybridized carbons (Fsp3) is 0.579. The predicted molar refractivity (Wildman–Crippen MR) is 89.2 cm³/mol. The lowest BCUT2D eigenvalue weighted by Gasteiger charge is -2.33. The van der Waals surface area contributed by atoms with Gasteiger partial charge in [0, 0.05) is 12.0 Å². The molecule has 2 bridgehead atoms. The molecule has 3 rings (SSSR count). The SMILES string of the molecule is C=C1C(=O)O[C@H]2/C=C(\C)[C@@]3(O)C=C[C@@](C)(C[C@@H](OC(=O)C(C)C)[C@@H]12)O3. The summed E-state index contributed by atoms with van der Waals surface area (Å²) in [5.74, 6) is -3.26. The van der Waals surface area contributed by atoms with Crippen molar-refractivity contribution < 1.29 is 28.9 Å². The minimum absolute atomic E-state index is 0.271. The van der Waals surface area contributed by atoms with Crippen LogP contribution in [0.15, 0.2) is 36.0 Å². The lowest BCUT2D eigenvalue weighted by molar-refractivity contribution is -0.190. The van der Waals surface area contributed by atoms with E-state index < -0.39 is 35.5 Å². The van der Waals surface area contributed by atoms with Crippen molar-refractivity contribution in [3.05, 3.63) is 36.0 Å². The lowest BCUT2D eigenvalue weighted by atomic mass is 9.83. The summed E-state index contributed by atoms with van der Waals surface area (Å²) in [4.78, 5) is 24.3. The number of rotatable bonds is 2. The Morgan fingerprint density at radius 3 is 2.76 bits per heavy atom. The van der Waals surface area contributed by atoms with Crippen LogP contribution in [0.1, 0.15) is 34.1 Å². The summed E-state index contributed by atoms with van der Waals surface area (Å²) in [6.07, 6.45) is 3.96. The molecule has 0 aromatic carbocycles. The summed E-state index contributed by atoms with van der Waals surface area (Å²) < 4.78 is 17.0. The molecule has 1 saturated heterocycles. The van der Waals surface area contributed by atoms with Gasteiger partial charge in [0.2, 0.25) is 5.79 Å². The highest BCUT2D eigenvalue weighted by Gasteiger charge is 2.52. The molecule has 6 nitrogen and oxygen atoms in total. The van der Waals surface area contributed by atoms with Crippen LogP contribution in [0.25, 0.3) is 0 Å². The number of ether oxygens (including phenoxy) is 3. The van der Waals surface area contributed by atoms with Gasteiger partial charge in [0.1, 0.15) is 12.2 Å². The fourth-order valence-corrected chi connectivity index (χ4v) is 3.51. The molecule has 25 heavy (non-hydrogen) atoms. The van der Waals surface area contributed by atoms with Gasteiger partial charge in [-0.05, 0) is 31.6 Å². The molecule has 0 aliphatic carbocycles. The number of hydrogen-bond acceptors (Lipinski definition) is 6. The number of hydrogen-bond donors (Lipinski definition) is 1. The predicted octanol–water partition coefficient (Wildman–Crippen LogP) is 2.04. The molecule has 1 N–H and O–H groups in total. The van der Waals surface area contributed by atoms with Gasteiger partial charge >= 0.3 is 11.9 Å². The number of carbonyl (C=O) groups is 2. The minimum atomic E-state index is -1.56. The van der Waals surface area contributed by atoms with Gasteiger partial charge in [-0.15, -0.1) is 0 Å².